The fraction of sp³-hybridized carbons (Fsp3) is 0.300. The molecule has 119 valence electrons. The van der Waals surface area contributed by atoms with Gasteiger partial charge in [0.25, 0.3) is 0 Å². The minimum atomic E-state index is 0.0632. The van der Waals surface area contributed by atoms with Crippen LogP contribution in [0.15, 0.2) is 54.6 Å². The number of nitrogens with zero attached hydrogens (tertiary/aromatic N) is 2. The van der Waals surface area contributed by atoms with E-state index >= 15 is 0 Å². The first-order valence-electron chi connectivity index (χ1n) is 8.04. The summed E-state index contributed by atoms with van der Waals surface area (Å²) in [7, 11) is 3.60. The summed E-state index contributed by atoms with van der Waals surface area (Å²) >= 11 is 0. The van der Waals surface area contributed by atoms with E-state index in [-0.39, 0.29) is 18.0 Å². The predicted octanol–water partition coefficient (Wildman–Crippen LogP) is 4.23. The molecule has 2 unspecified atom stereocenters. The van der Waals surface area contributed by atoms with Crippen LogP contribution in [-0.2, 0) is 0 Å². The lowest BCUT2D eigenvalue weighted by molar-refractivity contribution is 0.162. The molecule has 0 N–H and O–H groups in total. The zero-order valence-electron chi connectivity index (χ0n) is 13.8. The SMILES string of the molecule is [CH2]C1CCN(C(=O)N(C)C)C1c1ccc(-c2ccccc2)cc1. The Bertz CT molecular complexity index is 664. The predicted molar refractivity (Wildman–Crippen MR) is 93.9 cm³/mol. The summed E-state index contributed by atoms with van der Waals surface area (Å²) in [5.74, 6) is 0.237. The maximum absolute atomic E-state index is 12.4. The van der Waals surface area contributed by atoms with E-state index in [9.17, 15) is 4.79 Å². The molecule has 1 heterocycles. The number of benzene rings is 2. The molecule has 1 fully saturated rings. The normalized spacial score (nSPS) is 20.6. The van der Waals surface area contributed by atoms with Crippen molar-refractivity contribution in [3.05, 3.63) is 67.1 Å². The van der Waals surface area contributed by atoms with Gasteiger partial charge in [0.1, 0.15) is 0 Å². The molecule has 1 aliphatic rings. The molecule has 2 aromatic carbocycles. The second-order valence-electron chi connectivity index (χ2n) is 6.35. The van der Waals surface area contributed by atoms with E-state index in [1.807, 2.05) is 23.1 Å². The molecule has 2 aromatic rings. The minimum Gasteiger partial charge on any atom is -0.331 e. The van der Waals surface area contributed by atoms with E-state index in [0.29, 0.717) is 0 Å². The van der Waals surface area contributed by atoms with Crippen LogP contribution >= 0.6 is 0 Å². The minimum absolute atomic E-state index is 0.0632. The number of urea groups is 1. The van der Waals surface area contributed by atoms with Crippen molar-refractivity contribution in [2.75, 3.05) is 20.6 Å². The Balaban J connectivity index is 1.87. The van der Waals surface area contributed by atoms with Crippen LogP contribution in [0.5, 0.6) is 0 Å². The molecule has 0 aromatic heterocycles. The van der Waals surface area contributed by atoms with Gasteiger partial charge in [-0.3, -0.25) is 0 Å². The molecule has 0 spiro atoms. The van der Waals surface area contributed by atoms with Crippen molar-refractivity contribution >= 4 is 6.03 Å². The van der Waals surface area contributed by atoms with E-state index in [4.69, 9.17) is 0 Å². The number of hydrogen-bond acceptors (Lipinski definition) is 1. The number of likely N-dealkylation sites (tertiary alicyclic amines) is 1. The zero-order valence-corrected chi connectivity index (χ0v) is 13.8. The molecular weight excluding hydrogens is 284 g/mol. The van der Waals surface area contributed by atoms with E-state index in [1.54, 1.807) is 19.0 Å². The Morgan fingerprint density at radius 2 is 1.65 bits per heavy atom. The van der Waals surface area contributed by atoms with Gasteiger partial charge in [-0.15, -0.1) is 0 Å². The Morgan fingerprint density at radius 3 is 2.26 bits per heavy atom. The summed E-state index contributed by atoms with van der Waals surface area (Å²) in [6.07, 6.45) is 0.949. The molecule has 2 atom stereocenters. The highest BCUT2D eigenvalue weighted by Gasteiger charge is 2.36. The van der Waals surface area contributed by atoms with Gasteiger partial charge < -0.3 is 9.80 Å². The number of amides is 2. The number of carbonyl (C=O) groups is 1. The second kappa shape index (κ2) is 6.45. The highest BCUT2D eigenvalue weighted by Crippen LogP contribution is 2.37. The maximum atomic E-state index is 12.4. The topological polar surface area (TPSA) is 23.6 Å². The maximum Gasteiger partial charge on any atom is 0.320 e. The van der Waals surface area contributed by atoms with Crippen molar-refractivity contribution < 1.29 is 4.79 Å². The van der Waals surface area contributed by atoms with Crippen LogP contribution in [0, 0.1) is 12.8 Å². The lowest BCUT2D eigenvalue weighted by atomic mass is 9.94. The van der Waals surface area contributed by atoms with Gasteiger partial charge in [-0.1, -0.05) is 54.6 Å². The van der Waals surface area contributed by atoms with Crippen LogP contribution in [0.1, 0.15) is 18.0 Å². The van der Waals surface area contributed by atoms with Gasteiger partial charge in [0.15, 0.2) is 0 Å². The number of rotatable bonds is 2. The van der Waals surface area contributed by atoms with Crippen molar-refractivity contribution in [2.24, 2.45) is 5.92 Å². The van der Waals surface area contributed by atoms with Gasteiger partial charge in [-0.25, -0.2) is 4.79 Å². The largest absolute Gasteiger partial charge is 0.331 e. The fourth-order valence-corrected chi connectivity index (χ4v) is 3.28. The third-order valence-electron chi connectivity index (χ3n) is 4.51. The van der Waals surface area contributed by atoms with Gasteiger partial charge in [0.2, 0.25) is 0 Å². The molecule has 0 aliphatic carbocycles. The number of carbonyl (C=O) groups excluding carboxylic acids is 1. The van der Waals surface area contributed by atoms with Crippen molar-refractivity contribution in [3.63, 3.8) is 0 Å². The molecule has 3 nitrogen and oxygen atoms in total. The highest BCUT2D eigenvalue weighted by molar-refractivity contribution is 5.75. The average molecular weight is 307 g/mol. The van der Waals surface area contributed by atoms with E-state index in [1.165, 1.54) is 11.1 Å². The monoisotopic (exact) mass is 307 g/mol. The summed E-state index contributed by atoms with van der Waals surface area (Å²) < 4.78 is 0. The molecule has 3 rings (SSSR count). The summed E-state index contributed by atoms with van der Waals surface area (Å²) in [4.78, 5) is 16.0. The second-order valence-corrected chi connectivity index (χ2v) is 6.35. The molecule has 1 aliphatic heterocycles. The van der Waals surface area contributed by atoms with Crippen molar-refractivity contribution in [1.29, 1.82) is 0 Å². The molecule has 2 amide bonds. The third-order valence-corrected chi connectivity index (χ3v) is 4.51. The van der Waals surface area contributed by atoms with Gasteiger partial charge in [0.05, 0.1) is 6.04 Å². The standard InChI is InChI=1S/C20H23N2O/c1-15-13-14-22(20(23)21(2)3)19(15)18-11-9-17(10-12-18)16-7-5-4-6-8-16/h4-12,15,19H,1,13-14H2,2-3H3. The van der Waals surface area contributed by atoms with Gasteiger partial charge in [0, 0.05) is 20.6 Å². The van der Waals surface area contributed by atoms with Crippen LogP contribution in [0.3, 0.4) is 0 Å². The van der Waals surface area contributed by atoms with Gasteiger partial charge in [-0.05, 0) is 36.0 Å². The van der Waals surface area contributed by atoms with E-state index in [0.717, 1.165) is 18.5 Å². The fourth-order valence-electron chi connectivity index (χ4n) is 3.28. The van der Waals surface area contributed by atoms with Crippen molar-refractivity contribution in [1.82, 2.24) is 9.80 Å². The van der Waals surface area contributed by atoms with E-state index in [2.05, 4.69) is 43.3 Å². The molecule has 23 heavy (non-hydrogen) atoms. The van der Waals surface area contributed by atoms with Crippen LogP contribution in [0.25, 0.3) is 11.1 Å². The first-order valence-corrected chi connectivity index (χ1v) is 8.04. The molecular formula is C20H23N2O. The van der Waals surface area contributed by atoms with Crippen LogP contribution in [0.4, 0.5) is 4.79 Å². The van der Waals surface area contributed by atoms with Crippen LogP contribution in [-0.4, -0.2) is 36.5 Å². The Morgan fingerprint density at radius 1 is 1.04 bits per heavy atom. The van der Waals surface area contributed by atoms with Crippen LogP contribution in [0.2, 0.25) is 0 Å². The molecule has 0 saturated carbocycles. The summed E-state index contributed by atoms with van der Waals surface area (Å²) in [5.41, 5.74) is 3.56. The molecule has 1 saturated heterocycles. The lowest BCUT2D eigenvalue weighted by Gasteiger charge is -2.30. The van der Waals surface area contributed by atoms with Gasteiger partial charge >= 0.3 is 6.03 Å². The average Bonchev–Trinajstić information content (AvgIpc) is 2.96. The first kappa shape index (κ1) is 15.6. The van der Waals surface area contributed by atoms with Crippen molar-refractivity contribution in [3.8, 4) is 11.1 Å². The lowest BCUT2D eigenvalue weighted by Crippen LogP contribution is -2.39. The van der Waals surface area contributed by atoms with Crippen LogP contribution < -0.4 is 0 Å². The number of hydrogen-bond donors (Lipinski definition) is 0. The summed E-state index contributed by atoms with van der Waals surface area (Å²) in [6, 6.07) is 19.0. The zero-order chi connectivity index (χ0) is 16.4. The van der Waals surface area contributed by atoms with E-state index < -0.39 is 0 Å². The first-order chi connectivity index (χ1) is 11.1. The molecule has 3 heteroatoms. The highest BCUT2D eigenvalue weighted by atomic mass is 16.2. The van der Waals surface area contributed by atoms with Gasteiger partial charge in [-0.2, -0.15) is 0 Å². The Labute approximate surface area is 138 Å². The molecule has 0 bridgehead atoms. The quantitative estimate of drug-likeness (QED) is 0.814. The Kier molecular flexibility index (Phi) is 4.37. The smallest absolute Gasteiger partial charge is 0.320 e. The summed E-state index contributed by atoms with van der Waals surface area (Å²) in [5, 5.41) is 0. The Hall–Kier alpha value is -2.29. The van der Waals surface area contributed by atoms with Crippen molar-refractivity contribution in [2.45, 2.75) is 12.5 Å². The third kappa shape index (κ3) is 3.09. The molecule has 1 radical (unpaired) electrons. The summed E-state index contributed by atoms with van der Waals surface area (Å²) in [6.45, 7) is 5.03.